The van der Waals surface area contributed by atoms with E-state index in [4.69, 9.17) is 0 Å². The minimum absolute atomic E-state index is 0.384. The molecule has 4 saturated carbocycles. The molecule has 4 aliphatic rings. The molecule has 5 atom stereocenters. The summed E-state index contributed by atoms with van der Waals surface area (Å²) in [5.41, 5.74) is -0.558. The van der Waals surface area contributed by atoms with Crippen LogP contribution in [0, 0.1) is 23.7 Å². The second kappa shape index (κ2) is 1.53. The van der Waals surface area contributed by atoms with Crippen molar-refractivity contribution in [3.8, 4) is 0 Å². The quantitative estimate of drug-likeness (QED) is 0.588. The van der Waals surface area contributed by atoms with Gasteiger partial charge in [0.15, 0.2) is 0 Å². The lowest BCUT2D eigenvalue weighted by molar-refractivity contribution is -0.114. The number of aldehydes is 1. The van der Waals surface area contributed by atoms with Gasteiger partial charge in [0.2, 0.25) is 0 Å². The molecule has 0 aliphatic heterocycles. The Labute approximate surface area is 65.6 Å². The molecule has 2 heteroatoms. The molecular weight excluding hydrogens is 140 g/mol. The van der Waals surface area contributed by atoms with Crippen molar-refractivity contribution >= 4 is 6.29 Å². The molecule has 0 amide bonds. The topological polar surface area (TPSA) is 37.3 Å². The highest BCUT2D eigenvalue weighted by Crippen LogP contribution is 2.75. The predicted octanol–water partition coefficient (Wildman–Crippen LogP) is 0.592. The normalized spacial score (nSPS) is 63.4. The zero-order chi connectivity index (χ0) is 7.64. The van der Waals surface area contributed by atoms with Gasteiger partial charge in [-0.25, -0.2) is 0 Å². The lowest BCUT2D eigenvalue weighted by Crippen LogP contribution is -2.33. The van der Waals surface area contributed by atoms with Gasteiger partial charge < -0.3 is 9.90 Å². The van der Waals surface area contributed by atoms with Crippen molar-refractivity contribution in [3.05, 3.63) is 0 Å². The Kier molecular flexibility index (Phi) is 0.861. The molecule has 4 aliphatic carbocycles. The molecule has 4 rings (SSSR count). The SMILES string of the molecule is O=CC[C@@]1(O)C2CC3C1[C@H]3C2. The van der Waals surface area contributed by atoms with E-state index in [1.54, 1.807) is 0 Å². The highest BCUT2D eigenvalue weighted by atomic mass is 16.3. The Morgan fingerprint density at radius 3 is 2.45 bits per heavy atom. The van der Waals surface area contributed by atoms with E-state index in [0.29, 0.717) is 18.3 Å². The molecule has 0 radical (unpaired) electrons. The third-order valence-corrected chi connectivity index (χ3v) is 4.14. The Morgan fingerprint density at radius 1 is 1.45 bits per heavy atom. The molecule has 0 aromatic carbocycles. The van der Waals surface area contributed by atoms with Crippen molar-refractivity contribution < 1.29 is 9.90 Å². The van der Waals surface area contributed by atoms with Gasteiger partial charge in [0.05, 0.1) is 5.60 Å². The van der Waals surface area contributed by atoms with Crippen LogP contribution in [0.5, 0.6) is 0 Å². The van der Waals surface area contributed by atoms with Crippen molar-refractivity contribution in [3.63, 3.8) is 0 Å². The van der Waals surface area contributed by atoms with Crippen LogP contribution < -0.4 is 0 Å². The zero-order valence-corrected chi connectivity index (χ0v) is 6.36. The highest BCUT2D eigenvalue weighted by Gasteiger charge is 2.74. The van der Waals surface area contributed by atoms with Gasteiger partial charge in [-0.3, -0.25) is 0 Å². The third kappa shape index (κ3) is 0.496. The predicted molar refractivity (Wildman–Crippen MR) is 38.8 cm³/mol. The van der Waals surface area contributed by atoms with Crippen molar-refractivity contribution in [2.45, 2.75) is 24.9 Å². The van der Waals surface area contributed by atoms with E-state index in [-0.39, 0.29) is 0 Å². The number of hydrogen-bond acceptors (Lipinski definition) is 2. The molecule has 0 aromatic rings. The van der Waals surface area contributed by atoms with Gasteiger partial charge in [-0.05, 0) is 36.5 Å². The maximum atomic E-state index is 10.3. The van der Waals surface area contributed by atoms with Crippen molar-refractivity contribution in [2.75, 3.05) is 0 Å². The van der Waals surface area contributed by atoms with Crippen LogP contribution in [0.15, 0.2) is 0 Å². The van der Waals surface area contributed by atoms with Crippen molar-refractivity contribution in [1.82, 2.24) is 0 Å². The van der Waals surface area contributed by atoms with Crippen LogP contribution in [0.1, 0.15) is 19.3 Å². The minimum Gasteiger partial charge on any atom is -0.389 e. The monoisotopic (exact) mass is 152 g/mol. The molecule has 3 unspecified atom stereocenters. The Bertz CT molecular complexity index is 210. The van der Waals surface area contributed by atoms with Gasteiger partial charge >= 0.3 is 0 Å². The third-order valence-electron chi connectivity index (χ3n) is 4.14. The van der Waals surface area contributed by atoms with E-state index < -0.39 is 5.60 Å². The first-order valence-corrected chi connectivity index (χ1v) is 4.43. The van der Waals surface area contributed by atoms with Crippen LogP contribution in [0.3, 0.4) is 0 Å². The van der Waals surface area contributed by atoms with Crippen LogP contribution in [-0.4, -0.2) is 17.0 Å². The average Bonchev–Trinajstić information content (AvgIpc) is 2.35. The molecule has 4 bridgehead atoms. The number of hydrogen-bond donors (Lipinski definition) is 1. The Balaban J connectivity index is 1.94. The summed E-state index contributed by atoms with van der Waals surface area (Å²) in [7, 11) is 0. The van der Waals surface area contributed by atoms with Gasteiger partial charge in [0.1, 0.15) is 6.29 Å². The van der Waals surface area contributed by atoms with E-state index in [9.17, 15) is 9.90 Å². The summed E-state index contributed by atoms with van der Waals surface area (Å²) in [5.74, 6) is 2.57. The summed E-state index contributed by atoms with van der Waals surface area (Å²) in [6, 6.07) is 0. The van der Waals surface area contributed by atoms with E-state index in [1.165, 1.54) is 12.8 Å². The van der Waals surface area contributed by atoms with E-state index >= 15 is 0 Å². The lowest BCUT2D eigenvalue weighted by Gasteiger charge is -2.24. The van der Waals surface area contributed by atoms with Crippen LogP contribution in [0.2, 0.25) is 0 Å². The first kappa shape index (κ1) is 6.18. The van der Waals surface area contributed by atoms with Crippen LogP contribution in [0.4, 0.5) is 0 Å². The molecule has 60 valence electrons. The maximum Gasteiger partial charge on any atom is 0.122 e. The second-order valence-electron chi connectivity index (χ2n) is 4.38. The standard InChI is InChI=1S/C9H12O2/c10-2-1-9(11)5-3-6-7(4-5)8(6)9/h2,5-8,11H,1,3-4H2/t5?,6-,7?,8?,9+/m0/s1. The van der Waals surface area contributed by atoms with Gasteiger partial charge in [-0.1, -0.05) is 0 Å². The average molecular weight is 152 g/mol. The summed E-state index contributed by atoms with van der Waals surface area (Å²) < 4.78 is 0. The molecule has 4 fully saturated rings. The summed E-state index contributed by atoms with van der Waals surface area (Å²) in [4.78, 5) is 10.3. The smallest absolute Gasteiger partial charge is 0.122 e. The zero-order valence-electron chi connectivity index (χ0n) is 6.36. The highest BCUT2D eigenvalue weighted by molar-refractivity contribution is 5.53. The minimum atomic E-state index is -0.558. The maximum absolute atomic E-state index is 10.3. The van der Waals surface area contributed by atoms with E-state index in [0.717, 1.165) is 18.1 Å². The summed E-state index contributed by atoms with van der Waals surface area (Å²) in [5, 5.41) is 10.1. The van der Waals surface area contributed by atoms with Crippen LogP contribution >= 0.6 is 0 Å². The fourth-order valence-electron chi connectivity index (χ4n) is 3.70. The van der Waals surface area contributed by atoms with Crippen molar-refractivity contribution in [2.24, 2.45) is 23.7 Å². The second-order valence-corrected chi connectivity index (χ2v) is 4.38. The fourth-order valence-corrected chi connectivity index (χ4v) is 3.70. The van der Waals surface area contributed by atoms with E-state index in [2.05, 4.69) is 0 Å². The number of aliphatic hydroxyl groups is 1. The first-order valence-electron chi connectivity index (χ1n) is 4.43. The molecule has 0 spiro atoms. The van der Waals surface area contributed by atoms with Crippen LogP contribution in [0.25, 0.3) is 0 Å². The molecule has 1 N–H and O–H groups in total. The molecule has 2 nitrogen and oxygen atoms in total. The summed E-state index contributed by atoms with van der Waals surface area (Å²) >= 11 is 0. The van der Waals surface area contributed by atoms with Gasteiger partial charge in [0.25, 0.3) is 0 Å². The Hall–Kier alpha value is -0.370. The van der Waals surface area contributed by atoms with Gasteiger partial charge in [-0.15, -0.1) is 0 Å². The van der Waals surface area contributed by atoms with Crippen molar-refractivity contribution in [1.29, 1.82) is 0 Å². The fraction of sp³-hybridized carbons (Fsp3) is 0.889. The first-order chi connectivity index (χ1) is 5.27. The van der Waals surface area contributed by atoms with Crippen LogP contribution in [-0.2, 0) is 4.79 Å². The molecular formula is C9H12O2. The van der Waals surface area contributed by atoms with Gasteiger partial charge in [-0.2, -0.15) is 0 Å². The largest absolute Gasteiger partial charge is 0.389 e. The van der Waals surface area contributed by atoms with Gasteiger partial charge in [0, 0.05) is 6.42 Å². The Morgan fingerprint density at radius 2 is 2.09 bits per heavy atom. The molecule has 0 saturated heterocycles. The molecule has 0 aromatic heterocycles. The molecule has 0 heterocycles. The number of carbonyl (C=O) groups is 1. The molecule has 11 heavy (non-hydrogen) atoms. The summed E-state index contributed by atoms with van der Waals surface area (Å²) in [6.07, 6.45) is 3.66. The summed E-state index contributed by atoms with van der Waals surface area (Å²) in [6.45, 7) is 0. The number of rotatable bonds is 2. The number of carbonyl (C=O) groups excluding carboxylic acids is 1. The lowest BCUT2D eigenvalue weighted by atomic mass is 9.90. The van der Waals surface area contributed by atoms with E-state index in [1.807, 2.05) is 0 Å².